The van der Waals surface area contributed by atoms with E-state index in [1.165, 1.54) is 6.07 Å². The standard InChI is InChI=1S/C17H25NO5/c1-2-13(19)7-5-12-6-10-16(20)18(12)11-3-4-14-8-9-15(23-14)17(21)22/h8-9,12-13,19H,2-7,10-11H2,1H3,(H,21,22)/t12-,13-/m0/s1. The molecule has 23 heavy (non-hydrogen) atoms. The molecular weight excluding hydrogens is 298 g/mol. The number of likely N-dealkylation sites (tertiary alicyclic amines) is 1. The first-order valence-electron chi connectivity index (χ1n) is 8.30. The van der Waals surface area contributed by atoms with Gasteiger partial charge in [-0.1, -0.05) is 6.92 Å². The van der Waals surface area contributed by atoms with Crippen LogP contribution in [0.4, 0.5) is 0 Å². The zero-order chi connectivity index (χ0) is 16.8. The number of aromatic carboxylic acids is 1. The number of carbonyl (C=O) groups excluding carboxylic acids is 1. The third-order valence-corrected chi connectivity index (χ3v) is 4.45. The van der Waals surface area contributed by atoms with Gasteiger partial charge in [-0.3, -0.25) is 4.79 Å². The maximum atomic E-state index is 12.0. The van der Waals surface area contributed by atoms with E-state index in [1.54, 1.807) is 6.07 Å². The molecule has 6 heteroatoms. The highest BCUT2D eigenvalue weighted by Crippen LogP contribution is 2.24. The van der Waals surface area contributed by atoms with Gasteiger partial charge in [0, 0.05) is 25.4 Å². The number of carbonyl (C=O) groups is 2. The molecule has 0 unspecified atom stereocenters. The van der Waals surface area contributed by atoms with Gasteiger partial charge in [-0.2, -0.15) is 0 Å². The zero-order valence-corrected chi connectivity index (χ0v) is 13.5. The zero-order valence-electron chi connectivity index (χ0n) is 13.5. The molecule has 0 radical (unpaired) electrons. The molecule has 0 bridgehead atoms. The molecule has 1 aromatic heterocycles. The number of amides is 1. The number of carboxylic acid groups (broad SMARTS) is 1. The van der Waals surface area contributed by atoms with E-state index in [-0.39, 0.29) is 23.8 Å². The molecule has 0 aromatic carbocycles. The van der Waals surface area contributed by atoms with Gasteiger partial charge in [0.15, 0.2) is 0 Å². The van der Waals surface area contributed by atoms with Crippen LogP contribution in [0.15, 0.2) is 16.5 Å². The maximum Gasteiger partial charge on any atom is 0.371 e. The second-order valence-electron chi connectivity index (χ2n) is 6.09. The van der Waals surface area contributed by atoms with Crippen LogP contribution in [0, 0.1) is 0 Å². The van der Waals surface area contributed by atoms with Crippen LogP contribution in [0.2, 0.25) is 0 Å². The summed E-state index contributed by atoms with van der Waals surface area (Å²) in [6, 6.07) is 3.34. The lowest BCUT2D eigenvalue weighted by Crippen LogP contribution is -2.34. The first-order chi connectivity index (χ1) is 11.0. The predicted molar refractivity (Wildman–Crippen MR) is 84.3 cm³/mol. The molecule has 1 aliphatic rings. The summed E-state index contributed by atoms with van der Waals surface area (Å²) in [5, 5.41) is 18.5. The molecule has 128 valence electrons. The van der Waals surface area contributed by atoms with E-state index < -0.39 is 5.97 Å². The van der Waals surface area contributed by atoms with Crippen molar-refractivity contribution in [3.05, 3.63) is 23.7 Å². The first kappa shape index (κ1) is 17.5. The van der Waals surface area contributed by atoms with E-state index in [0.717, 1.165) is 32.1 Å². The smallest absolute Gasteiger partial charge is 0.371 e. The lowest BCUT2D eigenvalue weighted by Gasteiger charge is -2.25. The molecular formula is C17H25NO5. The van der Waals surface area contributed by atoms with Crippen LogP contribution < -0.4 is 0 Å². The first-order valence-corrected chi connectivity index (χ1v) is 8.30. The molecule has 0 saturated carbocycles. The fraction of sp³-hybridized carbons (Fsp3) is 0.647. The van der Waals surface area contributed by atoms with Crippen molar-refractivity contribution in [2.24, 2.45) is 0 Å². The summed E-state index contributed by atoms with van der Waals surface area (Å²) in [4.78, 5) is 24.7. The summed E-state index contributed by atoms with van der Waals surface area (Å²) < 4.78 is 5.22. The summed E-state index contributed by atoms with van der Waals surface area (Å²) in [5.74, 6) is -0.317. The minimum atomic E-state index is -1.07. The molecule has 1 amide bonds. The Morgan fingerprint density at radius 1 is 1.48 bits per heavy atom. The van der Waals surface area contributed by atoms with E-state index >= 15 is 0 Å². The van der Waals surface area contributed by atoms with Crippen molar-refractivity contribution < 1.29 is 24.2 Å². The quantitative estimate of drug-likeness (QED) is 0.728. The number of aliphatic hydroxyl groups is 1. The van der Waals surface area contributed by atoms with E-state index in [0.29, 0.717) is 25.1 Å². The molecule has 2 N–H and O–H groups in total. The normalized spacial score (nSPS) is 19.3. The summed E-state index contributed by atoms with van der Waals surface area (Å²) in [7, 11) is 0. The van der Waals surface area contributed by atoms with Crippen molar-refractivity contribution in [1.82, 2.24) is 4.90 Å². The number of aliphatic hydroxyl groups excluding tert-OH is 1. The third kappa shape index (κ3) is 4.82. The Morgan fingerprint density at radius 2 is 2.26 bits per heavy atom. The van der Waals surface area contributed by atoms with Crippen LogP contribution >= 0.6 is 0 Å². The van der Waals surface area contributed by atoms with Gasteiger partial charge in [0.1, 0.15) is 5.76 Å². The third-order valence-electron chi connectivity index (χ3n) is 4.45. The number of furan rings is 1. The largest absolute Gasteiger partial charge is 0.475 e. The molecule has 0 spiro atoms. The second-order valence-corrected chi connectivity index (χ2v) is 6.09. The van der Waals surface area contributed by atoms with Crippen LogP contribution in [-0.2, 0) is 11.2 Å². The molecule has 2 rings (SSSR count). The van der Waals surface area contributed by atoms with Crippen LogP contribution in [0.25, 0.3) is 0 Å². The molecule has 1 fully saturated rings. The lowest BCUT2D eigenvalue weighted by molar-refractivity contribution is -0.129. The van der Waals surface area contributed by atoms with Gasteiger partial charge in [-0.05, 0) is 44.2 Å². The van der Waals surface area contributed by atoms with Crippen LogP contribution in [0.1, 0.15) is 61.8 Å². The van der Waals surface area contributed by atoms with Crippen molar-refractivity contribution in [1.29, 1.82) is 0 Å². The average molecular weight is 323 g/mol. The highest BCUT2D eigenvalue weighted by Gasteiger charge is 2.30. The molecule has 0 aliphatic carbocycles. The Kier molecular flexibility index (Phi) is 6.21. The van der Waals surface area contributed by atoms with E-state index in [9.17, 15) is 14.7 Å². The van der Waals surface area contributed by atoms with Crippen molar-refractivity contribution in [3.63, 3.8) is 0 Å². The molecule has 2 heterocycles. The Bertz CT molecular complexity index is 539. The van der Waals surface area contributed by atoms with Gasteiger partial charge in [0.25, 0.3) is 0 Å². The number of aryl methyl sites for hydroxylation is 1. The van der Waals surface area contributed by atoms with Gasteiger partial charge in [-0.15, -0.1) is 0 Å². The number of rotatable bonds is 9. The number of carboxylic acids is 1. The Labute approximate surface area is 136 Å². The van der Waals surface area contributed by atoms with E-state index in [4.69, 9.17) is 9.52 Å². The lowest BCUT2D eigenvalue weighted by atomic mass is 10.0. The van der Waals surface area contributed by atoms with Gasteiger partial charge in [0.2, 0.25) is 11.7 Å². The highest BCUT2D eigenvalue weighted by atomic mass is 16.4. The van der Waals surface area contributed by atoms with Crippen molar-refractivity contribution in [2.75, 3.05) is 6.54 Å². The molecule has 6 nitrogen and oxygen atoms in total. The van der Waals surface area contributed by atoms with E-state index in [2.05, 4.69) is 0 Å². The Balaban J connectivity index is 1.79. The number of nitrogens with zero attached hydrogens (tertiary/aromatic N) is 1. The van der Waals surface area contributed by atoms with E-state index in [1.807, 2.05) is 11.8 Å². The topological polar surface area (TPSA) is 91.0 Å². The minimum absolute atomic E-state index is 0.0521. The van der Waals surface area contributed by atoms with Gasteiger partial charge < -0.3 is 19.5 Å². The maximum absolute atomic E-state index is 12.0. The number of hydrogen-bond donors (Lipinski definition) is 2. The van der Waals surface area contributed by atoms with Crippen LogP contribution in [0.5, 0.6) is 0 Å². The van der Waals surface area contributed by atoms with Crippen molar-refractivity contribution >= 4 is 11.9 Å². The molecule has 1 aromatic rings. The highest BCUT2D eigenvalue weighted by molar-refractivity contribution is 5.84. The average Bonchev–Trinajstić information content (AvgIpc) is 3.13. The fourth-order valence-electron chi connectivity index (χ4n) is 3.04. The Hall–Kier alpha value is -1.82. The van der Waals surface area contributed by atoms with Crippen molar-refractivity contribution in [2.45, 2.75) is 64.0 Å². The summed E-state index contributed by atoms with van der Waals surface area (Å²) in [6.07, 6.45) is 4.81. The number of hydrogen-bond acceptors (Lipinski definition) is 4. The van der Waals surface area contributed by atoms with Gasteiger partial charge in [-0.25, -0.2) is 4.79 Å². The molecule has 2 atom stereocenters. The SMILES string of the molecule is CC[C@H](O)CC[C@H]1CCC(=O)N1CCCc1ccc(C(=O)O)o1. The van der Waals surface area contributed by atoms with Gasteiger partial charge in [0.05, 0.1) is 6.10 Å². The summed E-state index contributed by atoms with van der Waals surface area (Å²) in [5.41, 5.74) is 0. The molecule has 1 saturated heterocycles. The Morgan fingerprint density at radius 3 is 2.91 bits per heavy atom. The van der Waals surface area contributed by atoms with Crippen LogP contribution in [0.3, 0.4) is 0 Å². The van der Waals surface area contributed by atoms with Crippen LogP contribution in [-0.4, -0.2) is 45.7 Å². The predicted octanol–water partition coefficient (Wildman–Crippen LogP) is 2.45. The van der Waals surface area contributed by atoms with Crippen molar-refractivity contribution in [3.8, 4) is 0 Å². The second kappa shape index (κ2) is 8.15. The summed E-state index contributed by atoms with van der Waals surface area (Å²) in [6.45, 7) is 2.60. The monoisotopic (exact) mass is 323 g/mol. The summed E-state index contributed by atoms with van der Waals surface area (Å²) >= 11 is 0. The molecule has 1 aliphatic heterocycles. The fourth-order valence-corrected chi connectivity index (χ4v) is 3.04. The van der Waals surface area contributed by atoms with Gasteiger partial charge >= 0.3 is 5.97 Å². The minimum Gasteiger partial charge on any atom is -0.475 e.